The van der Waals surface area contributed by atoms with Crippen LogP contribution >= 0.6 is 0 Å². The summed E-state index contributed by atoms with van der Waals surface area (Å²) in [5, 5.41) is 5.73. The zero-order chi connectivity index (χ0) is 25.9. The van der Waals surface area contributed by atoms with Crippen LogP contribution in [0.15, 0.2) is 61.2 Å². The van der Waals surface area contributed by atoms with Crippen molar-refractivity contribution in [2.75, 3.05) is 9.80 Å². The Bertz CT molecular complexity index is 1420. The van der Waals surface area contributed by atoms with Gasteiger partial charge in [0.25, 0.3) is 11.8 Å². The Morgan fingerprint density at radius 3 is 2.46 bits per heavy atom. The summed E-state index contributed by atoms with van der Waals surface area (Å²) in [6, 6.07) is 7.89. The van der Waals surface area contributed by atoms with Gasteiger partial charge in [-0.15, -0.1) is 0 Å². The van der Waals surface area contributed by atoms with Crippen molar-refractivity contribution in [2.45, 2.75) is 76.3 Å². The first-order chi connectivity index (χ1) is 17.7. The van der Waals surface area contributed by atoms with E-state index < -0.39 is 11.5 Å². The minimum Gasteiger partial charge on any atom is -0.313 e. The quantitative estimate of drug-likeness (QED) is 0.369. The Hall–Kier alpha value is -3.55. The number of carbonyl (C=O) groups is 1. The molecule has 0 radical (unpaired) electrons. The Labute approximate surface area is 215 Å². The van der Waals surface area contributed by atoms with Gasteiger partial charge in [-0.2, -0.15) is 5.10 Å². The predicted molar refractivity (Wildman–Crippen MR) is 141 cm³/mol. The average molecular weight is 504 g/mol. The highest BCUT2D eigenvalue weighted by Gasteiger charge is 2.59. The first kappa shape index (κ1) is 23.8. The van der Waals surface area contributed by atoms with Crippen LogP contribution in [0.3, 0.4) is 0 Å². The molecule has 3 aromatic rings. The van der Waals surface area contributed by atoms with Gasteiger partial charge in [0.2, 0.25) is 0 Å². The van der Waals surface area contributed by atoms with E-state index in [1.807, 2.05) is 17.2 Å². The molecule has 0 N–H and O–H groups in total. The summed E-state index contributed by atoms with van der Waals surface area (Å²) in [6.45, 7) is 6.67. The van der Waals surface area contributed by atoms with Crippen LogP contribution in [0.5, 0.6) is 0 Å². The van der Waals surface area contributed by atoms with E-state index in [-0.39, 0.29) is 17.2 Å². The molecule has 1 aromatic carbocycles. The van der Waals surface area contributed by atoms with Crippen molar-refractivity contribution in [3.63, 3.8) is 0 Å². The van der Waals surface area contributed by atoms with Crippen molar-refractivity contribution in [1.82, 2.24) is 14.8 Å². The number of aryl methyl sites for hydroxylation is 1. The lowest BCUT2D eigenvalue weighted by Crippen LogP contribution is -2.54. The highest BCUT2D eigenvalue weighted by atomic mass is 19.3. The summed E-state index contributed by atoms with van der Waals surface area (Å²) in [5.41, 5.74) is 1.56. The number of amides is 1. The SMILES string of the molecule is C=C1N(c2cnc(C)c(C(C)(F)F)c2)C(=O)C2(CCC2)N1c1ccc2c(cnn2C2CCC=CCC2)c1. The summed E-state index contributed by atoms with van der Waals surface area (Å²) in [4.78, 5) is 21.5. The van der Waals surface area contributed by atoms with Crippen molar-refractivity contribution >= 4 is 28.2 Å². The second kappa shape index (κ2) is 8.50. The molecule has 0 atom stereocenters. The summed E-state index contributed by atoms with van der Waals surface area (Å²) >= 11 is 0. The lowest BCUT2D eigenvalue weighted by Gasteiger charge is -2.43. The number of hydrogen-bond donors (Lipinski definition) is 0. The van der Waals surface area contributed by atoms with Gasteiger partial charge in [-0.1, -0.05) is 18.7 Å². The molecule has 1 saturated carbocycles. The number of nitrogens with zero attached hydrogens (tertiary/aromatic N) is 5. The molecule has 3 heterocycles. The first-order valence-electron chi connectivity index (χ1n) is 13.0. The molecule has 0 bridgehead atoms. The van der Waals surface area contributed by atoms with Crippen molar-refractivity contribution < 1.29 is 13.6 Å². The second-order valence-electron chi connectivity index (χ2n) is 10.6. The van der Waals surface area contributed by atoms with E-state index in [0.29, 0.717) is 30.4 Å². The first-order valence-corrected chi connectivity index (χ1v) is 13.0. The summed E-state index contributed by atoms with van der Waals surface area (Å²) < 4.78 is 30.7. The van der Waals surface area contributed by atoms with Crippen molar-refractivity contribution in [3.8, 4) is 0 Å². The van der Waals surface area contributed by atoms with Crippen LogP contribution < -0.4 is 9.80 Å². The molecule has 3 aliphatic rings. The third-order valence-electron chi connectivity index (χ3n) is 8.21. The number of aromatic nitrogens is 3. The van der Waals surface area contributed by atoms with E-state index in [9.17, 15) is 13.6 Å². The minimum atomic E-state index is -3.07. The van der Waals surface area contributed by atoms with Crippen LogP contribution in [0.4, 0.5) is 20.2 Å². The highest BCUT2D eigenvalue weighted by molar-refractivity contribution is 6.11. The van der Waals surface area contributed by atoms with Crippen LogP contribution in [0.25, 0.3) is 10.9 Å². The Morgan fingerprint density at radius 2 is 1.81 bits per heavy atom. The van der Waals surface area contributed by atoms with Crippen LogP contribution in [0, 0.1) is 6.92 Å². The van der Waals surface area contributed by atoms with Gasteiger partial charge in [-0.25, -0.2) is 8.78 Å². The molecular formula is C29H31F2N5O. The average Bonchev–Trinajstić information content (AvgIpc) is 3.20. The molecule has 6 nitrogen and oxygen atoms in total. The van der Waals surface area contributed by atoms with Crippen LogP contribution in [-0.4, -0.2) is 26.2 Å². The minimum absolute atomic E-state index is 0.137. The molecule has 37 heavy (non-hydrogen) atoms. The number of hydrogen-bond acceptors (Lipinski definition) is 4. The lowest BCUT2D eigenvalue weighted by atomic mass is 9.75. The zero-order valence-corrected chi connectivity index (χ0v) is 21.3. The molecule has 1 spiro atoms. The molecule has 1 amide bonds. The molecule has 2 aliphatic carbocycles. The van der Waals surface area contributed by atoms with Crippen LogP contribution in [-0.2, 0) is 10.7 Å². The highest BCUT2D eigenvalue weighted by Crippen LogP contribution is 2.51. The number of allylic oxidation sites excluding steroid dienone is 2. The van der Waals surface area contributed by atoms with E-state index in [4.69, 9.17) is 5.10 Å². The van der Waals surface area contributed by atoms with E-state index in [0.717, 1.165) is 55.6 Å². The van der Waals surface area contributed by atoms with Crippen molar-refractivity contribution in [3.05, 3.63) is 72.5 Å². The number of alkyl halides is 2. The number of carbonyl (C=O) groups excluding carboxylic acids is 1. The maximum Gasteiger partial charge on any atom is 0.272 e. The van der Waals surface area contributed by atoms with E-state index in [2.05, 4.69) is 40.5 Å². The lowest BCUT2D eigenvalue weighted by molar-refractivity contribution is -0.124. The number of rotatable bonds is 4. The normalized spacial score (nSPS) is 20.2. The maximum absolute atomic E-state index is 14.3. The van der Waals surface area contributed by atoms with E-state index in [1.54, 1.807) is 6.92 Å². The topological polar surface area (TPSA) is 54.3 Å². The van der Waals surface area contributed by atoms with Crippen molar-refractivity contribution in [2.24, 2.45) is 0 Å². The summed E-state index contributed by atoms with van der Waals surface area (Å²) in [6.07, 6.45) is 14.4. The Morgan fingerprint density at radius 1 is 1.08 bits per heavy atom. The number of halogens is 2. The monoisotopic (exact) mass is 503 g/mol. The Balaban J connectivity index is 1.38. The zero-order valence-electron chi connectivity index (χ0n) is 21.3. The third kappa shape index (κ3) is 3.68. The van der Waals surface area contributed by atoms with Gasteiger partial charge in [0, 0.05) is 29.3 Å². The fraction of sp³-hybridized carbons (Fsp3) is 0.414. The van der Waals surface area contributed by atoms with Gasteiger partial charge < -0.3 is 4.90 Å². The molecule has 8 heteroatoms. The molecule has 2 aromatic heterocycles. The maximum atomic E-state index is 14.3. The molecule has 1 aliphatic heterocycles. The van der Waals surface area contributed by atoms with E-state index >= 15 is 0 Å². The summed E-state index contributed by atoms with van der Waals surface area (Å²) in [7, 11) is 0. The van der Waals surface area contributed by atoms with Crippen LogP contribution in [0.1, 0.15) is 69.2 Å². The molecule has 2 fully saturated rings. The Kier molecular flexibility index (Phi) is 5.47. The second-order valence-corrected chi connectivity index (χ2v) is 10.6. The van der Waals surface area contributed by atoms with Gasteiger partial charge in [0.1, 0.15) is 11.4 Å². The smallest absolute Gasteiger partial charge is 0.272 e. The fourth-order valence-electron chi connectivity index (χ4n) is 6.14. The molecule has 6 rings (SSSR count). The largest absolute Gasteiger partial charge is 0.313 e. The van der Waals surface area contributed by atoms with Crippen molar-refractivity contribution in [1.29, 1.82) is 0 Å². The van der Waals surface area contributed by atoms with Gasteiger partial charge in [-0.05, 0) is 76.1 Å². The molecular weight excluding hydrogens is 472 g/mol. The number of pyridine rings is 1. The number of benzene rings is 1. The molecule has 0 unspecified atom stereocenters. The number of anilines is 2. The van der Waals surface area contributed by atoms with Gasteiger partial charge in [0.05, 0.1) is 29.6 Å². The standard InChI is InChI=1S/C29H31F2N5O/c1-19-25(28(3,30)31)16-24(18-32-19)34-20(2)35(29(27(34)37)13-8-14-29)23-11-12-26-21(15-23)17-33-36(26)22-9-6-4-5-7-10-22/h4-5,11-12,15-18,22H,2,6-10,13-14H2,1,3H3. The third-order valence-corrected chi connectivity index (χ3v) is 8.21. The number of fused-ring (bicyclic) bond motifs is 1. The van der Waals surface area contributed by atoms with Gasteiger partial charge in [0.15, 0.2) is 0 Å². The van der Waals surface area contributed by atoms with E-state index in [1.165, 1.54) is 17.2 Å². The molecule has 1 saturated heterocycles. The fourth-order valence-corrected chi connectivity index (χ4v) is 6.14. The van der Waals surface area contributed by atoms with Gasteiger partial charge in [-0.3, -0.25) is 19.4 Å². The summed E-state index contributed by atoms with van der Waals surface area (Å²) in [5.74, 6) is -2.74. The van der Waals surface area contributed by atoms with Crippen LogP contribution in [0.2, 0.25) is 0 Å². The predicted octanol–water partition coefficient (Wildman–Crippen LogP) is 6.77. The van der Waals surface area contributed by atoms with Gasteiger partial charge >= 0.3 is 0 Å². The molecule has 192 valence electrons.